The Morgan fingerprint density at radius 3 is 2.29 bits per heavy atom. The molecule has 3 amide bonds. The summed E-state index contributed by atoms with van der Waals surface area (Å²) in [6.45, 7) is 4.12. The van der Waals surface area contributed by atoms with Gasteiger partial charge in [-0.2, -0.15) is 0 Å². The van der Waals surface area contributed by atoms with Gasteiger partial charge in [-0.25, -0.2) is 4.79 Å². The lowest BCUT2D eigenvalue weighted by Gasteiger charge is -2.34. The number of carboxylic acid groups (broad SMARTS) is 1. The van der Waals surface area contributed by atoms with Crippen LogP contribution in [-0.4, -0.2) is 65.5 Å². The van der Waals surface area contributed by atoms with Gasteiger partial charge in [-0.05, 0) is 25.2 Å². The predicted molar refractivity (Wildman–Crippen MR) is 75.8 cm³/mol. The van der Waals surface area contributed by atoms with Gasteiger partial charge in [0.2, 0.25) is 5.91 Å². The average Bonchev–Trinajstić information content (AvgIpc) is 3.23. The van der Waals surface area contributed by atoms with Crippen LogP contribution in [0.2, 0.25) is 0 Å². The average molecular weight is 297 g/mol. The number of imide groups is 1. The van der Waals surface area contributed by atoms with Crippen LogP contribution in [0.3, 0.4) is 0 Å². The van der Waals surface area contributed by atoms with Crippen molar-refractivity contribution >= 4 is 17.9 Å². The lowest BCUT2D eigenvalue weighted by Crippen LogP contribution is -2.53. The van der Waals surface area contributed by atoms with Gasteiger partial charge in [-0.1, -0.05) is 0 Å². The summed E-state index contributed by atoms with van der Waals surface area (Å²) in [6.07, 6.45) is 2.92. The second kappa shape index (κ2) is 7.40. The minimum absolute atomic E-state index is 0.0541. The van der Waals surface area contributed by atoms with Crippen LogP contribution in [0.1, 0.15) is 32.1 Å². The molecule has 0 unspecified atom stereocenters. The predicted octanol–water partition coefficient (Wildman–Crippen LogP) is 0.505. The van der Waals surface area contributed by atoms with Gasteiger partial charge in [0.25, 0.3) is 0 Å². The smallest absolute Gasteiger partial charge is 0.324 e. The highest BCUT2D eigenvalue weighted by Crippen LogP contribution is 2.29. The normalized spacial score (nSPS) is 19.3. The Bertz CT molecular complexity index is 401. The monoisotopic (exact) mass is 297 g/mol. The summed E-state index contributed by atoms with van der Waals surface area (Å²) in [5.41, 5.74) is 0. The summed E-state index contributed by atoms with van der Waals surface area (Å²) < 4.78 is 0. The molecule has 2 N–H and O–H groups in total. The van der Waals surface area contributed by atoms with Crippen molar-refractivity contribution in [3.63, 3.8) is 0 Å². The van der Waals surface area contributed by atoms with Crippen molar-refractivity contribution < 1.29 is 19.5 Å². The largest absolute Gasteiger partial charge is 0.481 e. The van der Waals surface area contributed by atoms with E-state index in [9.17, 15) is 14.4 Å². The highest BCUT2D eigenvalue weighted by molar-refractivity contribution is 5.94. The van der Waals surface area contributed by atoms with E-state index >= 15 is 0 Å². The van der Waals surface area contributed by atoms with Gasteiger partial charge in [0, 0.05) is 45.6 Å². The summed E-state index contributed by atoms with van der Waals surface area (Å²) in [7, 11) is 0. The van der Waals surface area contributed by atoms with Gasteiger partial charge in [0.1, 0.15) is 0 Å². The molecule has 1 saturated heterocycles. The quantitative estimate of drug-likeness (QED) is 0.745. The minimum Gasteiger partial charge on any atom is -0.481 e. The summed E-state index contributed by atoms with van der Waals surface area (Å²) in [5.74, 6) is -0.483. The van der Waals surface area contributed by atoms with Crippen molar-refractivity contribution in [1.29, 1.82) is 0 Å². The molecule has 0 aromatic rings. The minimum atomic E-state index is -0.930. The first kappa shape index (κ1) is 15.8. The van der Waals surface area contributed by atoms with Crippen LogP contribution >= 0.6 is 0 Å². The van der Waals surface area contributed by atoms with Crippen LogP contribution in [0.15, 0.2) is 0 Å². The van der Waals surface area contributed by atoms with E-state index in [1.165, 1.54) is 12.8 Å². The molecule has 7 heteroatoms. The number of carboxylic acids is 1. The van der Waals surface area contributed by atoms with Gasteiger partial charge in [0.15, 0.2) is 0 Å². The van der Waals surface area contributed by atoms with Crippen LogP contribution in [0.25, 0.3) is 0 Å². The first-order valence-electron chi connectivity index (χ1n) is 7.57. The first-order valence-corrected chi connectivity index (χ1v) is 7.57. The maximum absolute atomic E-state index is 11.9. The number of carbonyl (C=O) groups is 3. The summed E-state index contributed by atoms with van der Waals surface area (Å²) in [4.78, 5) is 37.8. The third-order valence-electron chi connectivity index (χ3n) is 3.91. The number of hydrogen-bond donors (Lipinski definition) is 2. The molecule has 21 heavy (non-hydrogen) atoms. The van der Waals surface area contributed by atoms with Crippen molar-refractivity contribution in [2.24, 2.45) is 5.92 Å². The zero-order valence-electron chi connectivity index (χ0n) is 12.2. The zero-order valence-corrected chi connectivity index (χ0v) is 12.2. The highest BCUT2D eigenvalue weighted by Gasteiger charge is 2.27. The Hall–Kier alpha value is -1.63. The number of aliphatic carboxylic acids is 1. The molecule has 2 rings (SSSR count). The van der Waals surface area contributed by atoms with E-state index in [2.05, 4.69) is 10.2 Å². The molecular formula is C14H23N3O4. The molecule has 2 fully saturated rings. The van der Waals surface area contributed by atoms with Crippen LogP contribution in [0, 0.1) is 5.92 Å². The van der Waals surface area contributed by atoms with Gasteiger partial charge in [-0.3, -0.25) is 19.8 Å². The number of piperazine rings is 1. The molecule has 0 bridgehead atoms. The summed E-state index contributed by atoms with van der Waals surface area (Å²) in [5, 5.41) is 10.8. The lowest BCUT2D eigenvalue weighted by molar-refractivity contribution is -0.137. The Morgan fingerprint density at radius 2 is 1.71 bits per heavy atom. The molecule has 1 aliphatic heterocycles. The van der Waals surface area contributed by atoms with E-state index < -0.39 is 11.9 Å². The van der Waals surface area contributed by atoms with Crippen LogP contribution in [-0.2, 0) is 9.59 Å². The van der Waals surface area contributed by atoms with Crippen LogP contribution in [0.4, 0.5) is 4.79 Å². The fraction of sp³-hybridized carbons (Fsp3) is 0.786. The molecule has 0 radical (unpaired) electrons. The van der Waals surface area contributed by atoms with E-state index in [0.717, 1.165) is 25.6 Å². The highest BCUT2D eigenvalue weighted by atomic mass is 16.4. The van der Waals surface area contributed by atoms with Crippen molar-refractivity contribution in [3.05, 3.63) is 0 Å². The van der Waals surface area contributed by atoms with E-state index in [-0.39, 0.29) is 25.3 Å². The number of amides is 3. The van der Waals surface area contributed by atoms with E-state index in [1.807, 2.05) is 0 Å². The number of nitrogens with zero attached hydrogens (tertiary/aromatic N) is 2. The molecule has 7 nitrogen and oxygen atoms in total. The zero-order chi connectivity index (χ0) is 15.2. The third-order valence-corrected chi connectivity index (χ3v) is 3.91. The van der Waals surface area contributed by atoms with Gasteiger partial charge in [0.05, 0.1) is 0 Å². The molecule has 118 valence electrons. The van der Waals surface area contributed by atoms with Crippen molar-refractivity contribution in [3.8, 4) is 0 Å². The molecule has 1 heterocycles. The Balaban J connectivity index is 1.61. The number of urea groups is 1. The first-order chi connectivity index (χ1) is 10.0. The second-order valence-electron chi connectivity index (χ2n) is 5.83. The number of hydrogen-bond acceptors (Lipinski definition) is 4. The van der Waals surface area contributed by atoms with Gasteiger partial charge in [-0.15, -0.1) is 0 Å². The third kappa shape index (κ3) is 5.71. The number of rotatable bonds is 6. The Labute approximate surface area is 124 Å². The van der Waals surface area contributed by atoms with Gasteiger partial charge < -0.3 is 10.0 Å². The second-order valence-corrected chi connectivity index (χ2v) is 5.83. The molecule has 2 aliphatic rings. The lowest BCUT2D eigenvalue weighted by atomic mass is 10.2. The van der Waals surface area contributed by atoms with Gasteiger partial charge >= 0.3 is 12.0 Å². The topological polar surface area (TPSA) is 89.9 Å². The molecule has 0 aromatic heterocycles. The van der Waals surface area contributed by atoms with Crippen molar-refractivity contribution in [2.45, 2.75) is 32.1 Å². The fourth-order valence-electron chi connectivity index (χ4n) is 2.46. The molecule has 0 spiro atoms. The molecular weight excluding hydrogens is 274 g/mol. The summed E-state index contributed by atoms with van der Waals surface area (Å²) in [6, 6.07) is -0.360. The standard InChI is InChI=1S/C14H23N3O4/c18-12(2-1-3-13(19)20)15-14(21)17-8-6-16(7-9-17)10-11-4-5-11/h11H,1-10H2,(H,19,20)(H,15,18,21). The number of nitrogens with one attached hydrogen (secondary N) is 1. The van der Waals surface area contributed by atoms with E-state index in [4.69, 9.17) is 5.11 Å². The van der Waals surface area contributed by atoms with E-state index in [0.29, 0.717) is 13.1 Å². The Morgan fingerprint density at radius 1 is 1.05 bits per heavy atom. The van der Waals surface area contributed by atoms with Crippen LogP contribution in [0.5, 0.6) is 0 Å². The number of carbonyl (C=O) groups excluding carboxylic acids is 2. The SMILES string of the molecule is O=C(O)CCCC(=O)NC(=O)N1CCN(CC2CC2)CC1. The maximum Gasteiger partial charge on any atom is 0.324 e. The molecule has 1 aliphatic carbocycles. The Kier molecular flexibility index (Phi) is 5.55. The van der Waals surface area contributed by atoms with E-state index in [1.54, 1.807) is 4.90 Å². The molecule has 0 atom stereocenters. The van der Waals surface area contributed by atoms with Crippen LogP contribution < -0.4 is 5.32 Å². The summed E-state index contributed by atoms with van der Waals surface area (Å²) >= 11 is 0. The molecule has 0 aromatic carbocycles. The fourth-order valence-corrected chi connectivity index (χ4v) is 2.46. The maximum atomic E-state index is 11.9. The van der Waals surface area contributed by atoms with Crippen molar-refractivity contribution in [1.82, 2.24) is 15.1 Å². The van der Waals surface area contributed by atoms with Crippen molar-refractivity contribution in [2.75, 3.05) is 32.7 Å². The molecule has 1 saturated carbocycles.